The Kier molecular flexibility index (Phi) is 8.10. The average molecular weight is 469 g/mol. The quantitative estimate of drug-likeness (QED) is 0.578. The lowest BCUT2D eigenvalue weighted by atomic mass is 9.92. The van der Waals surface area contributed by atoms with Gasteiger partial charge in [0.1, 0.15) is 0 Å². The van der Waals surface area contributed by atoms with Gasteiger partial charge in [-0.05, 0) is 38.5 Å². The molecule has 0 aromatic carbocycles. The van der Waals surface area contributed by atoms with Crippen LogP contribution in [0.4, 0.5) is 0 Å². The van der Waals surface area contributed by atoms with E-state index in [4.69, 9.17) is 0 Å². The minimum atomic E-state index is -3.02. The van der Waals surface area contributed by atoms with Gasteiger partial charge in [-0.2, -0.15) is 0 Å². The summed E-state index contributed by atoms with van der Waals surface area (Å²) in [7, 11) is -3.02. The summed E-state index contributed by atoms with van der Waals surface area (Å²) in [4.78, 5) is 34.3. The lowest BCUT2D eigenvalue weighted by molar-refractivity contribution is -0.139. The summed E-state index contributed by atoms with van der Waals surface area (Å²) in [6, 6.07) is 0.0389. The molecule has 1 aliphatic carbocycles. The number of hydrogen-bond donors (Lipinski definition) is 0. The van der Waals surface area contributed by atoms with Crippen LogP contribution in [0.3, 0.4) is 0 Å². The van der Waals surface area contributed by atoms with Crippen molar-refractivity contribution in [1.29, 1.82) is 0 Å². The Bertz CT molecular complexity index is 754. The number of piperidine rings is 1. The monoisotopic (exact) mass is 468 g/mol. The number of amides is 2. The van der Waals surface area contributed by atoms with E-state index in [9.17, 15) is 18.0 Å². The zero-order valence-corrected chi connectivity index (χ0v) is 20.2. The van der Waals surface area contributed by atoms with Gasteiger partial charge < -0.3 is 9.80 Å². The Morgan fingerprint density at radius 3 is 1.91 bits per heavy atom. The van der Waals surface area contributed by atoms with E-state index in [1.165, 1.54) is 12.8 Å². The summed E-state index contributed by atoms with van der Waals surface area (Å²) in [5, 5.41) is 0. The first-order valence-electron chi connectivity index (χ1n) is 12.7. The third kappa shape index (κ3) is 6.23. The molecule has 9 heteroatoms. The van der Waals surface area contributed by atoms with Crippen LogP contribution >= 0.6 is 0 Å². The highest BCUT2D eigenvalue weighted by atomic mass is 32.2. The minimum Gasteiger partial charge on any atom is -0.342 e. The maximum Gasteiger partial charge on any atom is 0.237 e. The fourth-order valence-electron chi connectivity index (χ4n) is 5.87. The van der Waals surface area contributed by atoms with Gasteiger partial charge >= 0.3 is 0 Å². The van der Waals surface area contributed by atoms with Crippen LogP contribution in [0.25, 0.3) is 0 Å². The van der Waals surface area contributed by atoms with Gasteiger partial charge in [0.05, 0.1) is 24.6 Å². The number of sulfone groups is 1. The number of likely N-dealkylation sites (tertiary alicyclic amines) is 1. The van der Waals surface area contributed by atoms with Crippen molar-refractivity contribution in [2.75, 3.05) is 63.9 Å². The lowest BCUT2D eigenvalue weighted by Crippen LogP contribution is -2.55. The van der Waals surface area contributed by atoms with Crippen LogP contribution < -0.4 is 0 Å². The maximum atomic E-state index is 13.4. The number of hydrogen-bond acceptors (Lipinski definition) is 6. The summed E-state index contributed by atoms with van der Waals surface area (Å²) in [5.74, 6) is 0.663. The van der Waals surface area contributed by atoms with E-state index >= 15 is 0 Å². The first kappa shape index (κ1) is 24.0. The van der Waals surface area contributed by atoms with Crippen LogP contribution in [0.2, 0.25) is 0 Å². The van der Waals surface area contributed by atoms with E-state index in [2.05, 4.69) is 9.80 Å². The molecule has 3 aliphatic heterocycles. The summed E-state index contributed by atoms with van der Waals surface area (Å²) in [6.45, 7) is 5.78. The molecule has 0 radical (unpaired) electrons. The molecule has 3 saturated heterocycles. The van der Waals surface area contributed by atoms with Crippen molar-refractivity contribution in [2.45, 2.75) is 69.9 Å². The highest BCUT2D eigenvalue weighted by Crippen LogP contribution is 2.28. The highest BCUT2D eigenvalue weighted by Gasteiger charge is 2.39. The first-order chi connectivity index (χ1) is 15.4. The standard InChI is InChI=1S/C23H40N4O4S/c28-22(26-10-5-2-6-11-26)17-24-12-14-25(15-13-24)18-23(29)27(20-7-3-1-4-8-20)21-9-16-32(30,31)19-21/h20-21H,1-19H2. The molecule has 0 N–H and O–H groups in total. The van der Waals surface area contributed by atoms with E-state index in [-0.39, 0.29) is 35.4 Å². The van der Waals surface area contributed by atoms with Crippen LogP contribution in [0.15, 0.2) is 0 Å². The van der Waals surface area contributed by atoms with E-state index < -0.39 is 9.84 Å². The third-order valence-corrected chi connectivity index (χ3v) is 9.50. The van der Waals surface area contributed by atoms with Crippen LogP contribution in [0.5, 0.6) is 0 Å². The van der Waals surface area contributed by atoms with Gasteiger partial charge in [0, 0.05) is 51.4 Å². The Labute approximate surface area is 193 Å². The fourth-order valence-corrected chi connectivity index (χ4v) is 7.58. The number of carbonyl (C=O) groups excluding carboxylic acids is 2. The summed E-state index contributed by atoms with van der Waals surface area (Å²) < 4.78 is 24.2. The van der Waals surface area contributed by atoms with Crippen molar-refractivity contribution in [3.8, 4) is 0 Å². The predicted molar refractivity (Wildman–Crippen MR) is 124 cm³/mol. The van der Waals surface area contributed by atoms with Crippen molar-refractivity contribution in [1.82, 2.24) is 19.6 Å². The van der Waals surface area contributed by atoms with Gasteiger partial charge in [-0.3, -0.25) is 19.4 Å². The maximum absolute atomic E-state index is 13.4. The van der Waals surface area contributed by atoms with Gasteiger partial charge in [0.25, 0.3) is 0 Å². The number of nitrogens with zero attached hydrogens (tertiary/aromatic N) is 4. The summed E-state index contributed by atoms with van der Waals surface area (Å²) in [6.07, 6.45) is 9.47. The molecule has 0 bridgehead atoms. The smallest absolute Gasteiger partial charge is 0.237 e. The first-order valence-corrected chi connectivity index (χ1v) is 14.5. The molecule has 1 unspecified atom stereocenters. The van der Waals surface area contributed by atoms with Crippen molar-refractivity contribution in [2.24, 2.45) is 0 Å². The fraction of sp³-hybridized carbons (Fsp3) is 0.913. The van der Waals surface area contributed by atoms with Gasteiger partial charge in [0.2, 0.25) is 11.8 Å². The molecule has 4 fully saturated rings. The Balaban J connectivity index is 1.28. The molecular formula is C23H40N4O4S. The zero-order chi connectivity index (χ0) is 22.6. The van der Waals surface area contributed by atoms with Crippen LogP contribution in [-0.2, 0) is 19.4 Å². The second kappa shape index (κ2) is 10.8. The molecule has 0 aromatic rings. The van der Waals surface area contributed by atoms with Crippen LogP contribution in [0, 0.1) is 0 Å². The molecule has 1 atom stereocenters. The minimum absolute atomic E-state index is 0.0943. The molecule has 1 saturated carbocycles. The van der Waals surface area contributed by atoms with E-state index in [0.717, 1.165) is 77.8 Å². The third-order valence-electron chi connectivity index (χ3n) is 7.75. The Morgan fingerprint density at radius 2 is 1.31 bits per heavy atom. The number of rotatable bonds is 6. The van der Waals surface area contributed by atoms with Crippen molar-refractivity contribution < 1.29 is 18.0 Å². The second-order valence-corrected chi connectivity index (χ2v) is 12.4. The van der Waals surface area contributed by atoms with Crippen molar-refractivity contribution >= 4 is 21.7 Å². The molecule has 0 spiro atoms. The number of piperazine rings is 1. The van der Waals surface area contributed by atoms with Crippen LogP contribution in [0.1, 0.15) is 57.8 Å². The molecule has 3 heterocycles. The Morgan fingerprint density at radius 1 is 0.719 bits per heavy atom. The van der Waals surface area contributed by atoms with Crippen molar-refractivity contribution in [3.63, 3.8) is 0 Å². The number of carbonyl (C=O) groups is 2. The van der Waals surface area contributed by atoms with Crippen LogP contribution in [-0.4, -0.2) is 116 Å². The van der Waals surface area contributed by atoms with E-state index in [1.54, 1.807) is 0 Å². The molecule has 2 amide bonds. The molecule has 182 valence electrons. The molecule has 4 aliphatic rings. The van der Waals surface area contributed by atoms with Gasteiger partial charge in [0.15, 0.2) is 9.84 Å². The van der Waals surface area contributed by atoms with Gasteiger partial charge in [-0.25, -0.2) is 8.42 Å². The molecular weight excluding hydrogens is 428 g/mol. The highest BCUT2D eigenvalue weighted by molar-refractivity contribution is 7.91. The zero-order valence-electron chi connectivity index (χ0n) is 19.4. The topological polar surface area (TPSA) is 81.2 Å². The molecule has 0 aromatic heterocycles. The normalized spacial score (nSPS) is 28.0. The van der Waals surface area contributed by atoms with E-state index in [1.807, 2.05) is 9.80 Å². The van der Waals surface area contributed by atoms with E-state index in [0.29, 0.717) is 19.5 Å². The molecule has 4 rings (SSSR count). The van der Waals surface area contributed by atoms with Gasteiger partial charge in [-0.1, -0.05) is 19.3 Å². The summed E-state index contributed by atoms with van der Waals surface area (Å²) in [5.41, 5.74) is 0. The van der Waals surface area contributed by atoms with Crippen molar-refractivity contribution in [3.05, 3.63) is 0 Å². The molecule has 8 nitrogen and oxygen atoms in total. The van der Waals surface area contributed by atoms with Gasteiger partial charge in [-0.15, -0.1) is 0 Å². The lowest BCUT2D eigenvalue weighted by Gasteiger charge is -2.41. The Hall–Kier alpha value is -1.19. The SMILES string of the molecule is O=C(CN1CCN(CC(=O)N(C2CCCCC2)C2CCS(=O)(=O)C2)CC1)N1CCCCC1. The largest absolute Gasteiger partial charge is 0.342 e. The summed E-state index contributed by atoms with van der Waals surface area (Å²) >= 11 is 0. The molecule has 32 heavy (non-hydrogen) atoms. The average Bonchev–Trinajstić information content (AvgIpc) is 3.15. The predicted octanol–water partition coefficient (Wildman–Crippen LogP) is 0.965. The second-order valence-electron chi connectivity index (χ2n) is 10.1.